The SMILES string of the molecule is CC(C)C(=O)OCCC1CCN(C(=O)C(C)C)CC1. The molecule has 1 heterocycles. The average molecular weight is 269 g/mol. The van der Waals surface area contributed by atoms with E-state index in [0.717, 1.165) is 32.4 Å². The van der Waals surface area contributed by atoms with Crippen LogP contribution in [-0.4, -0.2) is 36.5 Å². The van der Waals surface area contributed by atoms with Gasteiger partial charge in [0.05, 0.1) is 12.5 Å². The lowest BCUT2D eigenvalue weighted by Crippen LogP contribution is -2.40. The van der Waals surface area contributed by atoms with Gasteiger partial charge in [-0.1, -0.05) is 27.7 Å². The number of ether oxygens (including phenoxy) is 1. The summed E-state index contributed by atoms with van der Waals surface area (Å²) in [5, 5.41) is 0. The molecule has 1 aliphatic heterocycles. The third-order valence-corrected chi connectivity index (χ3v) is 3.66. The number of hydrogen-bond acceptors (Lipinski definition) is 3. The molecular formula is C15H27NO3. The first-order valence-electron chi connectivity index (χ1n) is 7.37. The Morgan fingerprint density at radius 2 is 1.68 bits per heavy atom. The monoisotopic (exact) mass is 269 g/mol. The highest BCUT2D eigenvalue weighted by molar-refractivity contribution is 5.78. The molecule has 0 aromatic rings. The Hall–Kier alpha value is -1.06. The van der Waals surface area contributed by atoms with E-state index >= 15 is 0 Å². The molecule has 0 atom stereocenters. The van der Waals surface area contributed by atoms with E-state index < -0.39 is 0 Å². The molecule has 0 saturated carbocycles. The third kappa shape index (κ3) is 5.21. The highest BCUT2D eigenvalue weighted by atomic mass is 16.5. The van der Waals surface area contributed by atoms with Crippen LogP contribution in [0.5, 0.6) is 0 Å². The van der Waals surface area contributed by atoms with Crippen molar-refractivity contribution in [3.63, 3.8) is 0 Å². The van der Waals surface area contributed by atoms with Crippen molar-refractivity contribution >= 4 is 11.9 Å². The fourth-order valence-corrected chi connectivity index (χ4v) is 2.30. The van der Waals surface area contributed by atoms with E-state index in [2.05, 4.69) is 0 Å². The van der Waals surface area contributed by atoms with Crippen molar-refractivity contribution in [1.29, 1.82) is 0 Å². The summed E-state index contributed by atoms with van der Waals surface area (Å²) in [6.07, 6.45) is 2.97. The van der Waals surface area contributed by atoms with Crippen LogP contribution >= 0.6 is 0 Å². The van der Waals surface area contributed by atoms with Crippen molar-refractivity contribution in [2.45, 2.75) is 47.0 Å². The Balaban J connectivity index is 2.20. The molecule has 110 valence electrons. The molecule has 1 amide bonds. The maximum Gasteiger partial charge on any atom is 0.308 e. The standard InChI is InChI=1S/C15H27NO3/c1-11(2)14(17)16-8-5-13(6-9-16)7-10-19-15(18)12(3)4/h11-13H,5-10H2,1-4H3. The van der Waals surface area contributed by atoms with Crippen LogP contribution in [0, 0.1) is 17.8 Å². The zero-order valence-corrected chi connectivity index (χ0v) is 12.6. The number of hydrogen-bond donors (Lipinski definition) is 0. The minimum Gasteiger partial charge on any atom is -0.465 e. The number of piperidine rings is 1. The van der Waals surface area contributed by atoms with Gasteiger partial charge in [-0.3, -0.25) is 9.59 Å². The van der Waals surface area contributed by atoms with Gasteiger partial charge in [0.2, 0.25) is 5.91 Å². The number of nitrogens with zero attached hydrogens (tertiary/aromatic N) is 1. The Morgan fingerprint density at radius 1 is 1.11 bits per heavy atom. The fraction of sp³-hybridized carbons (Fsp3) is 0.867. The molecule has 4 nitrogen and oxygen atoms in total. The van der Waals surface area contributed by atoms with Gasteiger partial charge < -0.3 is 9.64 Å². The normalized spacial score (nSPS) is 17.1. The molecule has 0 aliphatic carbocycles. The maximum atomic E-state index is 11.8. The van der Waals surface area contributed by atoms with E-state index in [1.165, 1.54) is 0 Å². The van der Waals surface area contributed by atoms with E-state index in [1.807, 2.05) is 32.6 Å². The molecule has 0 aromatic heterocycles. The molecule has 4 heteroatoms. The molecule has 0 N–H and O–H groups in total. The molecule has 0 radical (unpaired) electrons. The zero-order valence-electron chi connectivity index (χ0n) is 12.6. The number of carbonyl (C=O) groups excluding carboxylic acids is 2. The maximum absolute atomic E-state index is 11.8. The number of likely N-dealkylation sites (tertiary alicyclic amines) is 1. The molecule has 1 rings (SSSR count). The van der Waals surface area contributed by atoms with Crippen LogP contribution in [0.3, 0.4) is 0 Å². The topological polar surface area (TPSA) is 46.6 Å². The number of rotatable bonds is 5. The van der Waals surface area contributed by atoms with Gasteiger partial charge in [-0.25, -0.2) is 0 Å². The Labute approximate surface area is 116 Å². The van der Waals surface area contributed by atoms with Gasteiger partial charge in [0.1, 0.15) is 0 Å². The first-order valence-corrected chi connectivity index (χ1v) is 7.37. The molecule has 19 heavy (non-hydrogen) atoms. The third-order valence-electron chi connectivity index (χ3n) is 3.66. The van der Waals surface area contributed by atoms with Gasteiger partial charge in [-0.05, 0) is 25.2 Å². The van der Waals surface area contributed by atoms with Crippen molar-refractivity contribution in [2.24, 2.45) is 17.8 Å². The van der Waals surface area contributed by atoms with Crippen molar-refractivity contribution in [3.05, 3.63) is 0 Å². The van der Waals surface area contributed by atoms with Crippen LogP contribution in [0.25, 0.3) is 0 Å². The van der Waals surface area contributed by atoms with Gasteiger partial charge in [-0.15, -0.1) is 0 Å². The first-order chi connectivity index (χ1) is 8.91. The van der Waals surface area contributed by atoms with Crippen molar-refractivity contribution in [2.75, 3.05) is 19.7 Å². The summed E-state index contributed by atoms with van der Waals surface area (Å²) in [4.78, 5) is 25.1. The van der Waals surface area contributed by atoms with E-state index in [9.17, 15) is 9.59 Å². The van der Waals surface area contributed by atoms with E-state index in [0.29, 0.717) is 12.5 Å². The van der Waals surface area contributed by atoms with Crippen LogP contribution in [-0.2, 0) is 14.3 Å². The summed E-state index contributed by atoms with van der Waals surface area (Å²) in [7, 11) is 0. The Morgan fingerprint density at radius 3 is 2.16 bits per heavy atom. The molecule has 1 fully saturated rings. The summed E-state index contributed by atoms with van der Waals surface area (Å²) in [5.74, 6) is 0.752. The average Bonchev–Trinajstić information content (AvgIpc) is 2.38. The van der Waals surface area contributed by atoms with Crippen molar-refractivity contribution in [3.8, 4) is 0 Å². The highest BCUT2D eigenvalue weighted by Gasteiger charge is 2.24. The lowest BCUT2D eigenvalue weighted by Gasteiger charge is -2.33. The predicted molar refractivity (Wildman–Crippen MR) is 74.6 cm³/mol. The molecule has 1 aliphatic rings. The lowest BCUT2D eigenvalue weighted by molar-refractivity contribution is -0.147. The molecular weight excluding hydrogens is 242 g/mol. The second-order valence-electron chi connectivity index (χ2n) is 6.03. The zero-order chi connectivity index (χ0) is 14.4. The van der Waals surface area contributed by atoms with Crippen molar-refractivity contribution in [1.82, 2.24) is 4.90 Å². The van der Waals surface area contributed by atoms with E-state index in [4.69, 9.17) is 4.74 Å². The highest BCUT2D eigenvalue weighted by Crippen LogP contribution is 2.21. The van der Waals surface area contributed by atoms with Gasteiger partial charge in [-0.2, -0.15) is 0 Å². The largest absolute Gasteiger partial charge is 0.465 e. The van der Waals surface area contributed by atoms with Crippen LogP contribution in [0.15, 0.2) is 0 Å². The van der Waals surface area contributed by atoms with E-state index in [-0.39, 0.29) is 23.7 Å². The quantitative estimate of drug-likeness (QED) is 0.720. The summed E-state index contributed by atoms with van der Waals surface area (Å²) in [5.41, 5.74) is 0. The van der Waals surface area contributed by atoms with E-state index in [1.54, 1.807) is 0 Å². The molecule has 1 saturated heterocycles. The summed E-state index contributed by atoms with van der Waals surface area (Å²) in [6.45, 7) is 9.79. The summed E-state index contributed by atoms with van der Waals surface area (Å²) in [6, 6.07) is 0. The Kier molecular flexibility index (Phi) is 6.32. The summed E-state index contributed by atoms with van der Waals surface area (Å²) < 4.78 is 5.20. The molecule has 0 bridgehead atoms. The van der Waals surface area contributed by atoms with Crippen LogP contribution < -0.4 is 0 Å². The fourth-order valence-electron chi connectivity index (χ4n) is 2.30. The van der Waals surface area contributed by atoms with Gasteiger partial charge in [0.15, 0.2) is 0 Å². The number of esters is 1. The van der Waals surface area contributed by atoms with Gasteiger partial charge in [0, 0.05) is 19.0 Å². The van der Waals surface area contributed by atoms with Crippen molar-refractivity contribution < 1.29 is 14.3 Å². The minimum atomic E-state index is -0.118. The number of amides is 1. The minimum absolute atomic E-state index is 0.0505. The predicted octanol–water partition coefficient (Wildman–Crippen LogP) is 2.47. The smallest absolute Gasteiger partial charge is 0.308 e. The lowest BCUT2D eigenvalue weighted by atomic mass is 9.93. The molecule has 0 aromatic carbocycles. The van der Waals surface area contributed by atoms with Gasteiger partial charge in [0.25, 0.3) is 0 Å². The Bertz CT molecular complexity index is 302. The second kappa shape index (κ2) is 7.51. The summed E-state index contributed by atoms with van der Waals surface area (Å²) >= 11 is 0. The van der Waals surface area contributed by atoms with Gasteiger partial charge >= 0.3 is 5.97 Å². The van der Waals surface area contributed by atoms with Crippen LogP contribution in [0.1, 0.15) is 47.0 Å². The first kappa shape index (κ1) is 16.0. The number of carbonyl (C=O) groups is 2. The van der Waals surface area contributed by atoms with Crippen LogP contribution in [0.2, 0.25) is 0 Å². The molecule has 0 unspecified atom stereocenters. The molecule has 0 spiro atoms. The second-order valence-corrected chi connectivity index (χ2v) is 6.03. The van der Waals surface area contributed by atoms with Crippen LogP contribution in [0.4, 0.5) is 0 Å².